The molecule has 2 aromatic carbocycles. The molecule has 0 radical (unpaired) electrons. The van der Waals surface area contributed by atoms with Gasteiger partial charge in [-0.3, -0.25) is 14.2 Å². The summed E-state index contributed by atoms with van der Waals surface area (Å²) in [5, 5.41) is 0. The van der Waals surface area contributed by atoms with Crippen LogP contribution in [0.1, 0.15) is 44.9 Å². The summed E-state index contributed by atoms with van der Waals surface area (Å²) in [6, 6.07) is 11.5. The molecule has 0 saturated carbocycles. The standard InChI is InChI=1S/C30H30N2O7S/c1-6-15-38-22-12-10-21(11-13-22)27-26(29(35)37-8-3)18(4)31-30-32(27)28(34)25(40-30)17-20-9-14-23(39-19(5)33)24(16-20)36-7-2/h6,9-14,16-17,27H,1,7-8,15H2,2-5H3/b25-17-/t27-/m1/s1. The molecular weight excluding hydrogens is 532 g/mol. The topological polar surface area (TPSA) is 105 Å². The van der Waals surface area contributed by atoms with E-state index >= 15 is 0 Å². The third-order valence-corrected chi connectivity index (χ3v) is 6.88. The first kappa shape index (κ1) is 28.6. The van der Waals surface area contributed by atoms with Gasteiger partial charge in [0.05, 0.1) is 35.1 Å². The predicted octanol–water partition coefficient (Wildman–Crippen LogP) is 3.69. The molecule has 0 aliphatic carbocycles. The molecule has 0 unspecified atom stereocenters. The highest BCUT2D eigenvalue weighted by atomic mass is 32.1. The molecule has 3 aromatic rings. The summed E-state index contributed by atoms with van der Waals surface area (Å²) in [4.78, 5) is 43.5. The quantitative estimate of drug-likeness (QED) is 0.211. The highest BCUT2D eigenvalue weighted by Crippen LogP contribution is 2.32. The minimum absolute atomic E-state index is 0.187. The second-order valence-corrected chi connectivity index (χ2v) is 9.71. The molecular formula is C30H30N2O7S. The summed E-state index contributed by atoms with van der Waals surface area (Å²) >= 11 is 1.21. The summed E-state index contributed by atoms with van der Waals surface area (Å²) in [6.07, 6.45) is 3.37. The summed E-state index contributed by atoms with van der Waals surface area (Å²) in [5.74, 6) is 0.323. The van der Waals surface area contributed by atoms with Crippen LogP contribution in [0, 0.1) is 0 Å². The molecule has 0 fully saturated rings. The van der Waals surface area contributed by atoms with Crippen LogP contribution in [0.5, 0.6) is 17.2 Å². The van der Waals surface area contributed by atoms with Gasteiger partial charge in [0.1, 0.15) is 12.4 Å². The monoisotopic (exact) mass is 562 g/mol. The lowest BCUT2D eigenvalue weighted by atomic mass is 9.96. The third kappa shape index (κ3) is 6.07. The van der Waals surface area contributed by atoms with E-state index in [1.54, 1.807) is 56.3 Å². The summed E-state index contributed by atoms with van der Waals surface area (Å²) in [6.45, 7) is 11.2. The lowest BCUT2D eigenvalue weighted by Gasteiger charge is -2.24. The number of fused-ring (bicyclic) bond motifs is 1. The van der Waals surface area contributed by atoms with E-state index in [4.69, 9.17) is 18.9 Å². The van der Waals surface area contributed by atoms with Crippen molar-refractivity contribution in [2.24, 2.45) is 4.99 Å². The number of ether oxygens (including phenoxy) is 4. The zero-order chi connectivity index (χ0) is 28.8. The number of hydrogen-bond donors (Lipinski definition) is 0. The molecule has 0 bridgehead atoms. The molecule has 4 rings (SSSR count). The van der Waals surface area contributed by atoms with E-state index in [2.05, 4.69) is 11.6 Å². The van der Waals surface area contributed by atoms with E-state index in [0.717, 1.165) is 0 Å². The molecule has 9 nitrogen and oxygen atoms in total. The number of carbonyl (C=O) groups is 2. The molecule has 10 heteroatoms. The Labute approximate surface area is 235 Å². The van der Waals surface area contributed by atoms with Gasteiger partial charge in [-0.2, -0.15) is 0 Å². The van der Waals surface area contributed by atoms with E-state index in [1.165, 1.54) is 22.8 Å². The van der Waals surface area contributed by atoms with Gasteiger partial charge in [-0.15, -0.1) is 0 Å². The maximum absolute atomic E-state index is 13.8. The average Bonchev–Trinajstić information content (AvgIpc) is 3.22. The highest BCUT2D eigenvalue weighted by molar-refractivity contribution is 7.07. The van der Waals surface area contributed by atoms with Crippen LogP contribution in [0.4, 0.5) is 0 Å². The van der Waals surface area contributed by atoms with E-state index in [1.807, 2.05) is 19.1 Å². The van der Waals surface area contributed by atoms with E-state index in [0.29, 0.717) is 62.2 Å². The summed E-state index contributed by atoms with van der Waals surface area (Å²) in [7, 11) is 0. The van der Waals surface area contributed by atoms with Gasteiger partial charge in [0.25, 0.3) is 5.56 Å². The van der Waals surface area contributed by atoms with Gasteiger partial charge in [0, 0.05) is 6.92 Å². The zero-order valence-electron chi connectivity index (χ0n) is 22.8. The molecule has 1 aliphatic heterocycles. The van der Waals surface area contributed by atoms with Crippen LogP contribution in [0.25, 0.3) is 6.08 Å². The Hall–Kier alpha value is -4.44. The molecule has 2 heterocycles. The zero-order valence-corrected chi connectivity index (χ0v) is 23.6. The fourth-order valence-electron chi connectivity index (χ4n) is 4.28. The molecule has 208 valence electrons. The Morgan fingerprint density at radius 1 is 1.07 bits per heavy atom. The lowest BCUT2D eigenvalue weighted by molar-refractivity contribution is -0.139. The Morgan fingerprint density at radius 2 is 1.82 bits per heavy atom. The van der Waals surface area contributed by atoms with Crippen molar-refractivity contribution in [1.82, 2.24) is 4.57 Å². The van der Waals surface area contributed by atoms with Crippen molar-refractivity contribution in [2.75, 3.05) is 19.8 Å². The number of benzene rings is 2. The van der Waals surface area contributed by atoms with Crippen molar-refractivity contribution in [3.63, 3.8) is 0 Å². The second-order valence-electron chi connectivity index (χ2n) is 8.70. The predicted molar refractivity (Wildman–Crippen MR) is 151 cm³/mol. The number of esters is 2. The van der Waals surface area contributed by atoms with Crippen molar-refractivity contribution in [3.05, 3.63) is 97.2 Å². The maximum atomic E-state index is 13.8. The first-order valence-electron chi connectivity index (χ1n) is 12.8. The van der Waals surface area contributed by atoms with E-state index in [9.17, 15) is 14.4 Å². The molecule has 0 spiro atoms. The third-order valence-electron chi connectivity index (χ3n) is 5.90. The Balaban J connectivity index is 1.85. The number of rotatable bonds is 10. The Kier molecular flexibility index (Phi) is 9.00. The van der Waals surface area contributed by atoms with Gasteiger partial charge in [-0.1, -0.05) is 42.2 Å². The smallest absolute Gasteiger partial charge is 0.338 e. The van der Waals surface area contributed by atoms with Gasteiger partial charge in [0.2, 0.25) is 0 Å². The first-order chi connectivity index (χ1) is 19.3. The van der Waals surface area contributed by atoms with Crippen LogP contribution in [0.2, 0.25) is 0 Å². The number of nitrogens with zero attached hydrogens (tertiary/aromatic N) is 2. The van der Waals surface area contributed by atoms with Crippen molar-refractivity contribution in [1.29, 1.82) is 0 Å². The minimum Gasteiger partial charge on any atom is -0.490 e. The Bertz CT molecular complexity index is 1650. The summed E-state index contributed by atoms with van der Waals surface area (Å²) in [5.41, 5.74) is 1.85. The molecule has 0 N–H and O–H groups in total. The molecule has 40 heavy (non-hydrogen) atoms. The normalized spacial score (nSPS) is 14.7. The van der Waals surface area contributed by atoms with Crippen LogP contribution < -0.4 is 29.1 Å². The molecule has 0 amide bonds. The molecule has 0 saturated heterocycles. The number of carbonyl (C=O) groups excluding carboxylic acids is 2. The van der Waals surface area contributed by atoms with Crippen molar-refractivity contribution < 1.29 is 28.5 Å². The lowest BCUT2D eigenvalue weighted by Crippen LogP contribution is -2.39. The molecule has 1 aromatic heterocycles. The van der Waals surface area contributed by atoms with E-state index < -0.39 is 18.0 Å². The van der Waals surface area contributed by atoms with Crippen molar-refractivity contribution in [2.45, 2.75) is 33.7 Å². The summed E-state index contributed by atoms with van der Waals surface area (Å²) < 4.78 is 23.8. The number of allylic oxidation sites excluding steroid dienone is 1. The van der Waals surface area contributed by atoms with Crippen molar-refractivity contribution in [3.8, 4) is 17.2 Å². The average molecular weight is 563 g/mol. The maximum Gasteiger partial charge on any atom is 0.338 e. The number of aromatic nitrogens is 1. The molecule has 1 aliphatic rings. The van der Waals surface area contributed by atoms with Crippen LogP contribution in [-0.2, 0) is 14.3 Å². The number of hydrogen-bond acceptors (Lipinski definition) is 9. The van der Waals surface area contributed by atoms with Crippen LogP contribution in [0.3, 0.4) is 0 Å². The second kappa shape index (κ2) is 12.6. The highest BCUT2D eigenvalue weighted by Gasteiger charge is 2.33. The fraction of sp³-hybridized carbons (Fsp3) is 0.267. The Morgan fingerprint density at radius 3 is 2.48 bits per heavy atom. The van der Waals surface area contributed by atoms with Gasteiger partial charge >= 0.3 is 11.9 Å². The SMILES string of the molecule is C=CCOc1ccc([C@@H]2C(C(=O)OCC)=C(C)N=c3s/c(=C\c4ccc(OC(C)=O)c(OCC)c4)c(=O)n32)cc1. The van der Waals surface area contributed by atoms with Gasteiger partial charge in [-0.05, 0) is 62.2 Å². The largest absolute Gasteiger partial charge is 0.490 e. The van der Waals surface area contributed by atoms with Crippen LogP contribution in [0.15, 0.2) is 76.2 Å². The fourth-order valence-corrected chi connectivity index (χ4v) is 5.33. The first-order valence-corrected chi connectivity index (χ1v) is 13.6. The van der Waals surface area contributed by atoms with Gasteiger partial charge in [-0.25, -0.2) is 9.79 Å². The van der Waals surface area contributed by atoms with Gasteiger partial charge < -0.3 is 18.9 Å². The number of thiazole rings is 1. The van der Waals surface area contributed by atoms with Gasteiger partial charge in [0.15, 0.2) is 16.3 Å². The van der Waals surface area contributed by atoms with Crippen LogP contribution in [-0.4, -0.2) is 36.3 Å². The van der Waals surface area contributed by atoms with Crippen LogP contribution >= 0.6 is 11.3 Å². The molecule has 1 atom stereocenters. The van der Waals surface area contributed by atoms with E-state index in [-0.39, 0.29) is 12.2 Å². The minimum atomic E-state index is -0.740. The van der Waals surface area contributed by atoms with Crippen molar-refractivity contribution >= 4 is 29.4 Å².